The molecule has 2 aromatic carbocycles. The maximum Gasteiger partial charge on any atom is 0.254 e. The first-order valence-corrected chi connectivity index (χ1v) is 10.1. The van der Waals surface area contributed by atoms with Crippen molar-refractivity contribution in [3.63, 3.8) is 0 Å². The van der Waals surface area contributed by atoms with Gasteiger partial charge in [-0.2, -0.15) is 0 Å². The average molecular weight is 460 g/mol. The maximum absolute atomic E-state index is 13.8. The zero-order valence-corrected chi connectivity index (χ0v) is 16.9. The molecule has 4 N–H and O–H groups in total. The number of halogens is 2. The van der Waals surface area contributed by atoms with Crippen LogP contribution in [-0.2, 0) is 16.0 Å². The molecule has 6 nitrogen and oxygen atoms in total. The Kier molecular flexibility index (Phi) is 5.12. The van der Waals surface area contributed by atoms with E-state index >= 15 is 0 Å². The van der Waals surface area contributed by atoms with Crippen molar-refractivity contribution in [2.75, 3.05) is 0 Å². The van der Waals surface area contributed by atoms with Crippen LogP contribution in [0.25, 0.3) is 0 Å². The maximum atomic E-state index is 13.8. The fourth-order valence-corrected chi connectivity index (χ4v) is 4.50. The summed E-state index contributed by atoms with van der Waals surface area (Å²) in [7, 11) is 0. The molecule has 0 bridgehead atoms. The molecule has 4 rings (SSSR count). The SMILES string of the molecule is NC(=O)CC(NC(=O)c1ccccc1F)C(=O)NC1C2Cc3ccc(Br)cc3C21. The Morgan fingerprint density at radius 3 is 2.69 bits per heavy atom. The van der Waals surface area contributed by atoms with Crippen molar-refractivity contribution in [3.05, 3.63) is 69.4 Å². The zero-order valence-electron chi connectivity index (χ0n) is 15.3. The summed E-state index contributed by atoms with van der Waals surface area (Å²) in [6.45, 7) is 0. The zero-order chi connectivity index (χ0) is 20.7. The summed E-state index contributed by atoms with van der Waals surface area (Å²) in [5, 5.41) is 5.36. The molecule has 0 aliphatic heterocycles. The number of hydrogen-bond donors (Lipinski definition) is 3. The molecule has 2 aromatic rings. The highest BCUT2D eigenvalue weighted by Crippen LogP contribution is 2.56. The van der Waals surface area contributed by atoms with E-state index in [1.54, 1.807) is 0 Å². The lowest BCUT2D eigenvalue weighted by Crippen LogP contribution is -2.49. The fourth-order valence-electron chi connectivity index (χ4n) is 4.12. The fraction of sp³-hybridized carbons (Fsp3) is 0.286. The van der Waals surface area contributed by atoms with Crippen molar-refractivity contribution in [2.24, 2.45) is 11.7 Å². The van der Waals surface area contributed by atoms with Gasteiger partial charge in [0.25, 0.3) is 5.91 Å². The van der Waals surface area contributed by atoms with Crippen LogP contribution >= 0.6 is 15.9 Å². The number of amides is 3. The van der Waals surface area contributed by atoms with E-state index in [9.17, 15) is 18.8 Å². The number of hydrogen-bond acceptors (Lipinski definition) is 3. The smallest absolute Gasteiger partial charge is 0.254 e. The van der Waals surface area contributed by atoms with E-state index in [1.165, 1.54) is 29.3 Å². The quantitative estimate of drug-likeness (QED) is 0.615. The summed E-state index contributed by atoms with van der Waals surface area (Å²) in [6, 6.07) is 10.4. The Balaban J connectivity index is 1.44. The van der Waals surface area contributed by atoms with Crippen LogP contribution in [0.3, 0.4) is 0 Å². The van der Waals surface area contributed by atoms with E-state index in [-0.39, 0.29) is 23.9 Å². The van der Waals surface area contributed by atoms with Gasteiger partial charge in [0.2, 0.25) is 11.8 Å². The monoisotopic (exact) mass is 459 g/mol. The normalized spacial score (nSPS) is 22.2. The van der Waals surface area contributed by atoms with Gasteiger partial charge in [-0.3, -0.25) is 14.4 Å². The molecule has 0 aromatic heterocycles. The summed E-state index contributed by atoms with van der Waals surface area (Å²) in [4.78, 5) is 36.5. The molecule has 29 heavy (non-hydrogen) atoms. The van der Waals surface area contributed by atoms with Crippen LogP contribution in [-0.4, -0.2) is 29.8 Å². The summed E-state index contributed by atoms with van der Waals surface area (Å²) in [6.07, 6.45) is 0.510. The molecule has 0 saturated heterocycles. The molecule has 1 saturated carbocycles. The molecule has 8 heteroatoms. The highest BCUT2D eigenvalue weighted by Gasteiger charge is 2.56. The number of nitrogens with one attached hydrogen (secondary N) is 2. The molecule has 2 aliphatic carbocycles. The van der Waals surface area contributed by atoms with Gasteiger partial charge in [-0.25, -0.2) is 4.39 Å². The lowest BCUT2D eigenvalue weighted by Gasteiger charge is -2.18. The molecule has 4 unspecified atom stereocenters. The number of benzene rings is 2. The average Bonchev–Trinajstić information content (AvgIpc) is 3.18. The predicted molar refractivity (Wildman–Crippen MR) is 107 cm³/mol. The molecule has 4 atom stereocenters. The first-order valence-electron chi connectivity index (χ1n) is 9.27. The van der Waals surface area contributed by atoms with E-state index in [2.05, 4.69) is 38.7 Å². The number of carbonyl (C=O) groups excluding carboxylic acids is 3. The first kappa shape index (κ1) is 19.6. The highest BCUT2D eigenvalue weighted by molar-refractivity contribution is 9.10. The second-order valence-corrected chi connectivity index (χ2v) is 8.36. The van der Waals surface area contributed by atoms with Crippen LogP contribution in [0.4, 0.5) is 4.39 Å². The lowest BCUT2D eigenvalue weighted by atomic mass is 10.0. The minimum Gasteiger partial charge on any atom is -0.370 e. The van der Waals surface area contributed by atoms with E-state index < -0.39 is 29.6 Å². The Bertz CT molecular complexity index is 1010. The Morgan fingerprint density at radius 2 is 1.97 bits per heavy atom. The molecule has 2 aliphatic rings. The second kappa shape index (κ2) is 7.59. The third-order valence-corrected chi connectivity index (χ3v) is 6.04. The van der Waals surface area contributed by atoms with Crippen molar-refractivity contribution in [3.8, 4) is 0 Å². The Labute approximate surface area is 175 Å². The molecule has 3 amide bonds. The van der Waals surface area contributed by atoms with Crippen LogP contribution in [0, 0.1) is 11.7 Å². The van der Waals surface area contributed by atoms with E-state index in [4.69, 9.17) is 5.73 Å². The number of rotatable bonds is 6. The topological polar surface area (TPSA) is 101 Å². The molecule has 0 heterocycles. The molecule has 0 radical (unpaired) electrons. The first-order chi connectivity index (χ1) is 13.8. The standard InChI is InChI=1S/C21H19BrFN3O3/c22-11-6-5-10-7-14-18(13(10)8-11)19(14)26-21(29)16(9-17(24)27)25-20(28)12-3-1-2-4-15(12)23/h1-6,8,14,16,18-19H,7,9H2,(H2,24,27)(H,25,28)(H,26,29). The third-order valence-electron chi connectivity index (χ3n) is 5.55. The number of fused-ring (bicyclic) bond motifs is 3. The third kappa shape index (κ3) is 3.89. The van der Waals surface area contributed by atoms with Crippen LogP contribution in [0.2, 0.25) is 0 Å². The van der Waals surface area contributed by atoms with Gasteiger partial charge in [0, 0.05) is 16.4 Å². The minimum atomic E-state index is -1.16. The van der Waals surface area contributed by atoms with Gasteiger partial charge in [0.15, 0.2) is 0 Å². The van der Waals surface area contributed by atoms with E-state index in [0.717, 1.165) is 17.0 Å². The lowest BCUT2D eigenvalue weighted by molar-refractivity contribution is -0.127. The molecule has 1 fully saturated rings. The van der Waals surface area contributed by atoms with Gasteiger partial charge in [-0.05, 0) is 47.7 Å². The van der Waals surface area contributed by atoms with Crippen molar-refractivity contribution in [1.82, 2.24) is 10.6 Å². The van der Waals surface area contributed by atoms with Crippen molar-refractivity contribution in [1.29, 1.82) is 0 Å². The number of carbonyl (C=O) groups is 3. The molecular weight excluding hydrogens is 441 g/mol. The Hall–Kier alpha value is -2.74. The van der Waals surface area contributed by atoms with Gasteiger partial charge in [0.05, 0.1) is 12.0 Å². The largest absolute Gasteiger partial charge is 0.370 e. The minimum absolute atomic E-state index is 0.0509. The van der Waals surface area contributed by atoms with Crippen LogP contribution in [0.1, 0.15) is 33.8 Å². The molecular formula is C21H19BrFN3O3. The van der Waals surface area contributed by atoms with Gasteiger partial charge in [-0.1, -0.05) is 34.1 Å². The van der Waals surface area contributed by atoms with Crippen molar-refractivity contribution < 1.29 is 18.8 Å². The van der Waals surface area contributed by atoms with E-state index in [0.29, 0.717) is 5.92 Å². The molecule has 150 valence electrons. The number of primary amides is 1. The predicted octanol–water partition coefficient (Wildman–Crippen LogP) is 2.02. The number of nitrogens with two attached hydrogens (primary N) is 1. The second-order valence-electron chi connectivity index (χ2n) is 7.45. The van der Waals surface area contributed by atoms with Crippen molar-refractivity contribution >= 4 is 33.7 Å². The van der Waals surface area contributed by atoms with Gasteiger partial charge >= 0.3 is 0 Å². The molecule has 0 spiro atoms. The van der Waals surface area contributed by atoms with Crippen LogP contribution < -0.4 is 16.4 Å². The van der Waals surface area contributed by atoms with Gasteiger partial charge in [0.1, 0.15) is 11.9 Å². The van der Waals surface area contributed by atoms with E-state index in [1.807, 2.05) is 6.07 Å². The summed E-state index contributed by atoms with van der Waals surface area (Å²) < 4.78 is 14.8. The Morgan fingerprint density at radius 1 is 1.21 bits per heavy atom. The van der Waals surface area contributed by atoms with Crippen LogP contribution in [0.15, 0.2) is 46.9 Å². The van der Waals surface area contributed by atoms with Gasteiger partial charge < -0.3 is 16.4 Å². The van der Waals surface area contributed by atoms with Gasteiger partial charge in [-0.15, -0.1) is 0 Å². The van der Waals surface area contributed by atoms with Crippen molar-refractivity contribution in [2.45, 2.75) is 30.8 Å². The highest BCUT2D eigenvalue weighted by atomic mass is 79.9. The summed E-state index contributed by atoms with van der Waals surface area (Å²) in [5.74, 6) is -2.17. The summed E-state index contributed by atoms with van der Waals surface area (Å²) >= 11 is 3.47. The summed E-state index contributed by atoms with van der Waals surface area (Å²) in [5.41, 5.74) is 7.53. The van der Waals surface area contributed by atoms with Crippen LogP contribution in [0.5, 0.6) is 0 Å².